The van der Waals surface area contributed by atoms with Crippen molar-refractivity contribution in [2.45, 2.75) is 6.42 Å². The fraction of sp³-hybridized carbons (Fsp3) is 0.167. The van der Waals surface area contributed by atoms with Gasteiger partial charge in [-0.05, 0) is 36.2 Å². The second kappa shape index (κ2) is 6.32. The van der Waals surface area contributed by atoms with Crippen molar-refractivity contribution in [2.24, 2.45) is 0 Å². The number of carbonyl (C=O) groups excluding carboxylic acids is 2. The average Bonchev–Trinajstić information content (AvgIpc) is 2.71. The molecule has 0 bridgehead atoms. The van der Waals surface area contributed by atoms with Crippen LogP contribution in [-0.2, 0) is 11.2 Å². The van der Waals surface area contributed by atoms with Gasteiger partial charge in [0, 0.05) is 6.54 Å². The summed E-state index contributed by atoms with van der Waals surface area (Å²) in [6.07, 6.45) is 0.615. The third kappa shape index (κ3) is 3.06. The van der Waals surface area contributed by atoms with Crippen LogP contribution in [0, 0.1) is 11.3 Å². The Morgan fingerprint density at radius 2 is 1.96 bits per heavy atom. The highest BCUT2D eigenvalue weighted by Crippen LogP contribution is 2.23. The highest BCUT2D eigenvalue weighted by Gasteiger charge is 2.25. The van der Waals surface area contributed by atoms with Gasteiger partial charge in [0.25, 0.3) is 5.91 Å². The molecule has 0 unspecified atom stereocenters. The summed E-state index contributed by atoms with van der Waals surface area (Å²) >= 11 is 0. The first-order valence-corrected chi connectivity index (χ1v) is 7.35. The summed E-state index contributed by atoms with van der Waals surface area (Å²) in [5.74, 6) is -0.373. The van der Waals surface area contributed by atoms with Crippen LogP contribution in [0.3, 0.4) is 0 Å². The number of para-hydroxylation sites is 1. The molecular weight excluding hydrogens is 290 g/mol. The molecule has 2 aromatic rings. The minimum atomic E-state index is -0.233. The summed E-state index contributed by atoms with van der Waals surface area (Å²) in [6, 6.07) is 16.5. The summed E-state index contributed by atoms with van der Waals surface area (Å²) in [5, 5.41) is 11.6. The van der Waals surface area contributed by atoms with Crippen molar-refractivity contribution < 1.29 is 9.59 Å². The van der Waals surface area contributed by atoms with Crippen LogP contribution >= 0.6 is 0 Å². The van der Waals surface area contributed by atoms with Crippen LogP contribution in [0.5, 0.6) is 0 Å². The highest BCUT2D eigenvalue weighted by atomic mass is 16.2. The summed E-state index contributed by atoms with van der Waals surface area (Å²) < 4.78 is 0. The van der Waals surface area contributed by atoms with E-state index in [1.54, 1.807) is 29.2 Å². The first-order valence-electron chi connectivity index (χ1n) is 7.35. The third-order valence-electron chi connectivity index (χ3n) is 3.82. The Labute approximate surface area is 134 Å². The molecule has 2 amide bonds. The van der Waals surface area contributed by atoms with Crippen LogP contribution in [0.2, 0.25) is 0 Å². The molecule has 2 aromatic carbocycles. The van der Waals surface area contributed by atoms with Gasteiger partial charge in [-0.15, -0.1) is 0 Å². The number of amides is 2. The average molecular weight is 305 g/mol. The fourth-order valence-corrected chi connectivity index (χ4v) is 2.66. The second-order valence-electron chi connectivity index (χ2n) is 5.31. The number of benzene rings is 2. The molecule has 3 rings (SSSR count). The van der Waals surface area contributed by atoms with E-state index in [0.29, 0.717) is 29.8 Å². The van der Waals surface area contributed by atoms with Gasteiger partial charge in [0.15, 0.2) is 0 Å². The van der Waals surface area contributed by atoms with Gasteiger partial charge >= 0.3 is 0 Å². The summed E-state index contributed by atoms with van der Waals surface area (Å²) in [7, 11) is 0. The Morgan fingerprint density at radius 1 is 1.13 bits per heavy atom. The number of carbonyl (C=O) groups is 2. The smallest absolute Gasteiger partial charge is 0.253 e. The summed E-state index contributed by atoms with van der Waals surface area (Å²) in [5.41, 5.74) is 2.72. The molecule has 114 valence electrons. The molecule has 0 aliphatic carbocycles. The normalized spacial score (nSPS) is 13.8. The Kier molecular flexibility index (Phi) is 4.07. The van der Waals surface area contributed by atoms with E-state index in [4.69, 9.17) is 5.26 Å². The third-order valence-corrected chi connectivity index (χ3v) is 3.82. The molecule has 5 heteroatoms. The van der Waals surface area contributed by atoms with Gasteiger partial charge in [-0.25, -0.2) is 0 Å². The number of hydrogen-bond donors (Lipinski definition) is 1. The molecule has 1 aliphatic rings. The Bertz CT molecular complexity index is 808. The lowest BCUT2D eigenvalue weighted by Crippen LogP contribution is -2.37. The minimum Gasteiger partial charge on any atom is -0.343 e. The molecule has 5 nitrogen and oxygen atoms in total. The minimum absolute atomic E-state index is 0.00819. The largest absolute Gasteiger partial charge is 0.343 e. The van der Waals surface area contributed by atoms with Crippen molar-refractivity contribution in [1.82, 2.24) is 5.32 Å². The van der Waals surface area contributed by atoms with Crippen LogP contribution in [0.1, 0.15) is 21.5 Å². The number of nitrogens with one attached hydrogen (secondary N) is 1. The molecule has 0 saturated carbocycles. The van der Waals surface area contributed by atoms with E-state index < -0.39 is 0 Å². The predicted octanol–water partition coefficient (Wildman–Crippen LogP) is 1.88. The van der Waals surface area contributed by atoms with E-state index in [2.05, 4.69) is 11.4 Å². The predicted molar refractivity (Wildman–Crippen MR) is 86.0 cm³/mol. The zero-order chi connectivity index (χ0) is 16.2. The number of fused-ring (bicyclic) bond motifs is 1. The quantitative estimate of drug-likeness (QED) is 0.941. The second-order valence-corrected chi connectivity index (χ2v) is 5.31. The van der Waals surface area contributed by atoms with Gasteiger partial charge < -0.3 is 10.2 Å². The van der Waals surface area contributed by atoms with Gasteiger partial charge in [-0.2, -0.15) is 5.26 Å². The van der Waals surface area contributed by atoms with E-state index in [9.17, 15) is 9.59 Å². The monoisotopic (exact) mass is 305 g/mol. The molecule has 0 saturated heterocycles. The maximum atomic E-state index is 12.3. The lowest BCUT2D eigenvalue weighted by atomic mass is 10.1. The van der Waals surface area contributed by atoms with Crippen molar-refractivity contribution in [2.75, 3.05) is 18.0 Å². The van der Waals surface area contributed by atoms with Gasteiger partial charge in [0.1, 0.15) is 0 Å². The summed E-state index contributed by atoms with van der Waals surface area (Å²) in [6.45, 7) is 0.450. The van der Waals surface area contributed by atoms with Crippen LogP contribution in [0.25, 0.3) is 0 Å². The maximum absolute atomic E-state index is 12.3. The molecule has 0 spiro atoms. The van der Waals surface area contributed by atoms with Crippen molar-refractivity contribution in [3.8, 4) is 6.07 Å². The van der Waals surface area contributed by atoms with Gasteiger partial charge in [0.05, 0.1) is 29.4 Å². The van der Waals surface area contributed by atoms with Crippen LogP contribution < -0.4 is 10.2 Å². The lowest BCUT2D eigenvalue weighted by molar-refractivity contribution is -0.117. The molecule has 23 heavy (non-hydrogen) atoms. The molecule has 0 radical (unpaired) electrons. The van der Waals surface area contributed by atoms with Gasteiger partial charge in [-0.1, -0.05) is 24.3 Å². The molecule has 1 aliphatic heterocycles. The lowest BCUT2D eigenvalue weighted by Gasteiger charge is -2.22. The summed E-state index contributed by atoms with van der Waals surface area (Å²) in [4.78, 5) is 26.0. The number of hydrogen-bond acceptors (Lipinski definition) is 3. The number of rotatable bonds is 3. The van der Waals surface area contributed by atoms with E-state index in [-0.39, 0.29) is 18.4 Å². The molecular formula is C18H15N3O2. The number of nitrogens with zero attached hydrogens (tertiary/aromatic N) is 2. The van der Waals surface area contributed by atoms with E-state index >= 15 is 0 Å². The zero-order valence-electron chi connectivity index (χ0n) is 12.5. The number of anilines is 1. The van der Waals surface area contributed by atoms with E-state index in [1.807, 2.05) is 24.3 Å². The topological polar surface area (TPSA) is 73.2 Å². The molecule has 1 heterocycles. The molecule has 0 aromatic heterocycles. The Balaban J connectivity index is 1.86. The van der Waals surface area contributed by atoms with Crippen LogP contribution in [0.15, 0.2) is 48.5 Å². The Hall–Kier alpha value is -3.13. The molecule has 0 atom stereocenters. The maximum Gasteiger partial charge on any atom is 0.253 e. The molecule has 0 fully saturated rings. The number of nitriles is 1. The zero-order valence-corrected chi connectivity index (χ0v) is 12.5. The van der Waals surface area contributed by atoms with Gasteiger partial charge in [-0.3, -0.25) is 9.59 Å². The van der Waals surface area contributed by atoms with Crippen molar-refractivity contribution in [1.29, 1.82) is 5.26 Å². The van der Waals surface area contributed by atoms with Gasteiger partial charge in [0.2, 0.25) is 5.91 Å². The highest BCUT2D eigenvalue weighted by molar-refractivity contribution is 6.09. The standard InChI is InChI=1S/C18H15N3O2/c19-11-14-5-3-4-13(10-14)8-9-21-16-7-2-1-6-15(16)18(23)20-12-17(21)22/h1-7,10H,8-9,12H2,(H,20,23). The van der Waals surface area contributed by atoms with Crippen LogP contribution in [0.4, 0.5) is 5.69 Å². The van der Waals surface area contributed by atoms with E-state index in [1.165, 1.54) is 0 Å². The first-order chi connectivity index (χ1) is 11.2. The van der Waals surface area contributed by atoms with E-state index in [0.717, 1.165) is 5.56 Å². The SMILES string of the molecule is N#Cc1cccc(CCN2C(=O)CNC(=O)c3ccccc32)c1. The first kappa shape index (κ1) is 14.8. The molecule has 1 N–H and O–H groups in total. The van der Waals surface area contributed by atoms with Crippen molar-refractivity contribution in [3.63, 3.8) is 0 Å². The Morgan fingerprint density at radius 3 is 2.78 bits per heavy atom. The van der Waals surface area contributed by atoms with Crippen LogP contribution in [-0.4, -0.2) is 24.9 Å². The fourth-order valence-electron chi connectivity index (χ4n) is 2.66. The van der Waals surface area contributed by atoms with Crippen molar-refractivity contribution in [3.05, 3.63) is 65.2 Å². The van der Waals surface area contributed by atoms with Crippen molar-refractivity contribution >= 4 is 17.5 Å².